The lowest BCUT2D eigenvalue weighted by Gasteiger charge is -2.25. The Morgan fingerprint density at radius 1 is 1.44 bits per heavy atom. The van der Waals surface area contributed by atoms with Gasteiger partial charge in [0, 0.05) is 23.9 Å². The van der Waals surface area contributed by atoms with E-state index >= 15 is 0 Å². The number of nitrogens with one attached hydrogen (secondary N) is 1. The van der Waals surface area contributed by atoms with Crippen LogP contribution in [0.3, 0.4) is 0 Å². The zero-order valence-corrected chi connectivity index (χ0v) is 14.8. The van der Waals surface area contributed by atoms with Crippen LogP contribution in [0, 0.1) is 5.41 Å². The van der Waals surface area contributed by atoms with E-state index in [9.17, 15) is 9.00 Å². The Labute approximate surface area is 148 Å². The molecule has 0 bridgehead atoms. The van der Waals surface area contributed by atoms with Gasteiger partial charge in [0.05, 0.1) is 24.5 Å². The zero-order chi connectivity index (χ0) is 18.4. The van der Waals surface area contributed by atoms with E-state index in [1.54, 1.807) is 23.5 Å². The van der Waals surface area contributed by atoms with Gasteiger partial charge in [-0.1, -0.05) is 18.2 Å². The molecule has 0 aliphatic rings. The van der Waals surface area contributed by atoms with Gasteiger partial charge in [0.15, 0.2) is 11.1 Å². The number of amides is 1. The molecule has 0 aliphatic heterocycles. The molecule has 1 amide bonds. The molecule has 1 aromatic carbocycles. The smallest absolute Gasteiger partial charge is 0.250 e. The topological polar surface area (TPSA) is 114 Å². The summed E-state index contributed by atoms with van der Waals surface area (Å²) in [6, 6.07) is 7.54. The summed E-state index contributed by atoms with van der Waals surface area (Å²) in [4.78, 5) is 11.8. The monoisotopic (exact) mass is 367 g/mol. The van der Waals surface area contributed by atoms with Crippen LogP contribution >= 0.6 is 0 Å². The molecule has 2 unspecified atom stereocenters. The van der Waals surface area contributed by atoms with Crippen molar-refractivity contribution in [2.75, 3.05) is 12.9 Å². The first kappa shape index (κ1) is 19.1. The molecule has 1 heterocycles. The Kier molecular flexibility index (Phi) is 6.29. The molecule has 2 atom stereocenters. The summed E-state index contributed by atoms with van der Waals surface area (Å²) in [5.74, 6) is -0.255. The summed E-state index contributed by atoms with van der Waals surface area (Å²) in [6.45, 7) is 1.87. The predicted molar refractivity (Wildman–Crippen MR) is 92.5 cm³/mol. The maximum atomic E-state index is 11.8. The van der Waals surface area contributed by atoms with Gasteiger partial charge < -0.3 is 9.29 Å². The summed E-state index contributed by atoms with van der Waals surface area (Å²) in [5.41, 5.74) is 2.12. The van der Waals surface area contributed by atoms with E-state index in [1.807, 2.05) is 30.5 Å². The van der Waals surface area contributed by atoms with Gasteiger partial charge in [-0.3, -0.25) is 14.7 Å². The van der Waals surface area contributed by atoms with Gasteiger partial charge in [-0.25, -0.2) is 9.69 Å². The number of hydrogen-bond acceptors (Lipinski definition) is 5. The number of para-hydroxylation sites is 1. The summed E-state index contributed by atoms with van der Waals surface area (Å²) >= 11 is -2.16. The minimum atomic E-state index is -2.16. The van der Waals surface area contributed by atoms with Gasteiger partial charge >= 0.3 is 0 Å². The lowest BCUT2D eigenvalue weighted by molar-refractivity contribution is -0.138. The second-order valence-corrected chi connectivity index (χ2v) is 6.84. The van der Waals surface area contributed by atoms with Crippen LogP contribution in [0.25, 0.3) is 11.1 Å². The average Bonchev–Trinajstić information content (AvgIpc) is 3.07. The second-order valence-electron chi connectivity index (χ2n) is 5.91. The Hall–Kier alpha value is -2.23. The molecular weight excluding hydrogens is 346 g/mol. The number of rotatable bonds is 8. The highest BCUT2D eigenvalue weighted by atomic mass is 32.2. The molecular formula is C16H21N3O5S. The molecule has 0 saturated carbocycles. The molecule has 25 heavy (non-hydrogen) atoms. The summed E-state index contributed by atoms with van der Waals surface area (Å²) < 4.78 is 27.2. The second kappa shape index (κ2) is 8.24. The highest BCUT2D eigenvalue weighted by Gasteiger charge is 2.35. The van der Waals surface area contributed by atoms with Crippen molar-refractivity contribution in [1.29, 1.82) is 0 Å². The van der Waals surface area contributed by atoms with Crippen molar-refractivity contribution in [3.63, 3.8) is 0 Å². The number of aromatic nitrogens is 2. The van der Waals surface area contributed by atoms with Crippen LogP contribution in [0.2, 0.25) is 0 Å². The van der Waals surface area contributed by atoms with Gasteiger partial charge in [0.25, 0.3) is 0 Å². The van der Waals surface area contributed by atoms with Crippen molar-refractivity contribution in [1.82, 2.24) is 15.3 Å². The fourth-order valence-corrected chi connectivity index (χ4v) is 3.35. The fourth-order valence-electron chi connectivity index (χ4n) is 2.53. The number of ether oxygens (including phenoxy) is 1. The van der Waals surface area contributed by atoms with Crippen LogP contribution in [0.5, 0.6) is 5.75 Å². The van der Waals surface area contributed by atoms with Crippen molar-refractivity contribution in [3.8, 4) is 16.9 Å². The first-order valence-corrected chi connectivity index (χ1v) is 8.85. The molecule has 1 aromatic heterocycles. The van der Waals surface area contributed by atoms with Crippen LogP contribution < -0.4 is 10.2 Å². The first-order valence-electron chi connectivity index (χ1n) is 7.57. The molecule has 0 fully saturated rings. The van der Waals surface area contributed by atoms with E-state index in [2.05, 4.69) is 5.10 Å². The lowest BCUT2D eigenvalue weighted by atomic mass is 9.88. The van der Waals surface area contributed by atoms with Crippen molar-refractivity contribution in [2.45, 2.75) is 19.9 Å². The SMILES string of the molecule is COc1ccccc1-c1cnn(CCC(C)(CS(=O)O)C(=O)NO)c1. The largest absolute Gasteiger partial charge is 0.496 e. The normalized spacial score (nSPS) is 14.6. The van der Waals surface area contributed by atoms with Gasteiger partial charge in [0.1, 0.15) is 5.75 Å². The van der Waals surface area contributed by atoms with Crippen LogP contribution in [0.4, 0.5) is 0 Å². The fraction of sp³-hybridized carbons (Fsp3) is 0.375. The van der Waals surface area contributed by atoms with Crippen molar-refractivity contribution in [2.24, 2.45) is 5.41 Å². The van der Waals surface area contributed by atoms with Gasteiger partial charge in [-0.2, -0.15) is 5.10 Å². The molecule has 136 valence electrons. The van der Waals surface area contributed by atoms with Crippen molar-refractivity contribution in [3.05, 3.63) is 36.7 Å². The highest BCUT2D eigenvalue weighted by molar-refractivity contribution is 7.79. The van der Waals surface area contributed by atoms with Crippen molar-refractivity contribution >= 4 is 17.0 Å². The highest BCUT2D eigenvalue weighted by Crippen LogP contribution is 2.29. The van der Waals surface area contributed by atoms with Gasteiger partial charge in [-0.05, 0) is 19.4 Å². The van der Waals surface area contributed by atoms with Crippen LogP contribution in [0.15, 0.2) is 36.7 Å². The predicted octanol–water partition coefficient (Wildman–Crippen LogP) is 1.68. The molecule has 0 radical (unpaired) electrons. The number of carbonyl (C=O) groups excluding carboxylic acids is 1. The average molecular weight is 367 g/mol. The number of benzene rings is 1. The van der Waals surface area contributed by atoms with E-state index in [0.29, 0.717) is 6.54 Å². The molecule has 3 N–H and O–H groups in total. The quantitative estimate of drug-likeness (QED) is 0.372. The zero-order valence-electron chi connectivity index (χ0n) is 14.0. The Morgan fingerprint density at radius 2 is 2.16 bits per heavy atom. The molecule has 0 saturated heterocycles. The third-order valence-electron chi connectivity index (χ3n) is 4.04. The number of hydrogen-bond donors (Lipinski definition) is 3. The minimum Gasteiger partial charge on any atom is -0.496 e. The number of aryl methyl sites for hydroxylation is 1. The third kappa shape index (κ3) is 4.65. The summed E-state index contributed by atoms with van der Waals surface area (Å²) in [6.07, 6.45) is 3.73. The molecule has 2 aromatic rings. The van der Waals surface area contributed by atoms with E-state index < -0.39 is 22.4 Å². The van der Waals surface area contributed by atoms with Crippen LogP contribution in [-0.4, -0.2) is 42.5 Å². The maximum Gasteiger partial charge on any atom is 0.250 e. The first-order chi connectivity index (χ1) is 11.9. The number of methoxy groups -OCH3 is 1. The molecule has 8 nitrogen and oxygen atoms in total. The summed E-state index contributed by atoms with van der Waals surface area (Å²) in [7, 11) is 1.59. The van der Waals surface area contributed by atoms with E-state index in [0.717, 1.165) is 16.9 Å². The number of nitrogens with zero attached hydrogens (tertiary/aromatic N) is 2. The standard InChI is InChI=1S/C16H21N3O5S/c1-16(11-25(22)23,15(20)18-21)7-8-19-10-12(9-17-19)13-5-3-4-6-14(13)24-2/h3-6,9-10,21H,7-8,11H2,1-2H3,(H,18,20)(H,22,23). The summed E-state index contributed by atoms with van der Waals surface area (Å²) in [5, 5.41) is 13.1. The third-order valence-corrected chi connectivity index (χ3v) is 4.92. The van der Waals surface area contributed by atoms with Crippen LogP contribution in [0.1, 0.15) is 13.3 Å². The van der Waals surface area contributed by atoms with Crippen LogP contribution in [-0.2, 0) is 22.4 Å². The van der Waals surface area contributed by atoms with Crippen molar-refractivity contribution < 1.29 is 23.5 Å². The Bertz CT molecular complexity index is 764. The molecule has 9 heteroatoms. The maximum absolute atomic E-state index is 11.8. The van der Waals surface area contributed by atoms with E-state index in [4.69, 9.17) is 14.5 Å². The van der Waals surface area contributed by atoms with Gasteiger partial charge in [-0.15, -0.1) is 0 Å². The minimum absolute atomic E-state index is 0.235. The van der Waals surface area contributed by atoms with E-state index in [-0.39, 0.29) is 12.2 Å². The Morgan fingerprint density at radius 3 is 2.80 bits per heavy atom. The van der Waals surface area contributed by atoms with Gasteiger partial charge in [0.2, 0.25) is 5.91 Å². The number of hydroxylamine groups is 1. The molecule has 0 spiro atoms. The van der Waals surface area contributed by atoms with E-state index in [1.165, 1.54) is 6.92 Å². The Balaban J connectivity index is 2.15. The molecule has 0 aliphatic carbocycles. The molecule has 2 rings (SSSR count). The number of carbonyl (C=O) groups is 1. The lowest BCUT2D eigenvalue weighted by Crippen LogP contribution is -2.42.